The molecule has 0 aliphatic rings. The fourth-order valence-electron chi connectivity index (χ4n) is 1.69. The Morgan fingerprint density at radius 2 is 1.86 bits per heavy atom. The number of nitrogens with two attached hydrogens (primary N) is 1. The largest absolute Gasteiger partial charge is 0.493 e. The van der Waals surface area contributed by atoms with Crippen molar-refractivity contribution >= 4 is 11.5 Å². The first kappa shape index (κ1) is 14.3. The van der Waals surface area contributed by atoms with Gasteiger partial charge in [-0.05, 0) is 30.3 Å². The Hall–Kier alpha value is -3.09. The molecule has 21 heavy (non-hydrogen) atoms. The number of nitro groups is 1. The molecule has 0 spiro atoms. The van der Waals surface area contributed by atoms with Crippen molar-refractivity contribution in [1.29, 1.82) is 5.41 Å². The molecule has 0 heterocycles. The maximum atomic E-state index is 10.8. The van der Waals surface area contributed by atoms with Gasteiger partial charge in [-0.15, -0.1) is 0 Å². The molecule has 0 radical (unpaired) electrons. The van der Waals surface area contributed by atoms with Crippen LogP contribution in [0.25, 0.3) is 0 Å². The van der Waals surface area contributed by atoms with E-state index in [9.17, 15) is 10.1 Å². The third kappa shape index (κ3) is 3.27. The Kier molecular flexibility index (Phi) is 4.03. The van der Waals surface area contributed by atoms with E-state index in [1.165, 1.54) is 25.3 Å². The lowest BCUT2D eigenvalue weighted by atomic mass is 10.2. The molecule has 2 aromatic carbocycles. The Morgan fingerprint density at radius 3 is 2.38 bits per heavy atom. The Bertz CT molecular complexity index is 683. The maximum Gasteiger partial charge on any atom is 0.273 e. The molecule has 7 nitrogen and oxygen atoms in total. The molecule has 0 aliphatic carbocycles. The summed E-state index contributed by atoms with van der Waals surface area (Å²) in [4.78, 5) is 10.3. The van der Waals surface area contributed by atoms with E-state index < -0.39 is 4.92 Å². The van der Waals surface area contributed by atoms with E-state index >= 15 is 0 Å². The third-order valence-electron chi connectivity index (χ3n) is 2.75. The van der Waals surface area contributed by atoms with Crippen LogP contribution >= 0.6 is 0 Å². The van der Waals surface area contributed by atoms with Crippen LogP contribution in [0.4, 0.5) is 5.69 Å². The Balaban J connectivity index is 2.31. The highest BCUT2D eigenvalue weighted by Crippen LogP contribution is 2.34. The van der Waals surface area contributed by atoms with Crippen molar-refractivity contribution < 1.29 is 14.4 Å². The van der Waals surface area contributed by atoms with Gasteiger partial charge in [-0.3, -0.25) is 15.5 Å². The lowest BCUT2D eigenvalue weighted by molar-refractivity contribution is -0.384. The predicted molar refractivity (Wildman–Crippen MR) is 77.2 cm³/mol. The van der Waals surface area contributed by atoms with Gasteiger partial charge in [0.15, 0.2) is 11.5 Å². The van der Waals surface area contributed by atoms with Crippen LogP contribution in [0.15, 0.2) is 42.5 Å². The molecule has 0 saturated carbocycles. The van der Waals surface area contributed by atoms with Crippen LogP contribution in [-0.4, -0.2) is 17.9 Å². The minimum atomic E-state index is -0.509. The van der Waals surface area contributed by atoms with E-state index in [0.717, 1.165) is 0 Å². The molecular formula is C14H13N3O4. The average molecular weight is 287 g/mol. The number of hydrogen-bond acceptors (Lipinski definition) is 5. The molecule has 7 heteroatoms. The van der Waals surface area contributed by atoms with E-state index in [-0.39, 0.29) is 17.3 Å². The van der Waals surface area contributed by atoms with Crippen LogP contribution in [0.1, 0.15) is 5.56 Å². The number of ether oxygens (including phenoxy) is 2. The molecule has 0 atom stereocenters. The van der Waals surface area contributed by atoms with E-state index in [2.05, 4.69) is 0 Å². The summed E-state index contributed by atoms with van der Waals surface area (Å²) in [6, 6.07) is 10.6. The summed E-state index contributed by atoms with van der Waals surface area (Å²) in [7, 11) is 1.45. The number of benzene rings is 2. The number of nitrogen functional groups attached to an aromatic ring is 1. The van der Waals surface area contributed by atoms with Gasteiger partial charge < -0.3 is 15.2 Å². The van der Waals surface area contributed by atoms with Crippen molar-refractivity contribution in [1.82, 2.24) is 0 Å². The summed E-state index contributed by atoms with van der Waals surface area (Å²) < 4.78 is 10.7. The molecule has 2 aromatic rings. The fourth-order valence-corrected chi connectivity index (χ4v) is 1.69. The van der Waals surface area contributed by atoms with Gasteiger partial charge >= 0.3 is 0 Å². The maximum absolute atomic E-state index is 10.8. The van der Waals surface area contributed by atoms with E-state index in [4.69, 9.17) is 20.6 Å². The van der Waals surface area contributed by atoms with Crippen LogP contribution in [0.3, 0.4) is 0 Å². The minimum Gasteiger partial charge on any atom is -0.493 e. The normalized spacial score (nSPS) is 9.95. The molecule has 0 aliphatic heterocycles. The van der Waals surface area contributed by atoms with Gasteiger partial charge in [-0.25, -0.2) is 0 Å². The van der Waals surface area contributed by atoms with Gasteiger partial charge in [0, 0.05) is 11.6 Å². The highest BCUT2D eigenvalue weighted by Gasteiger charge is 2.13. The number of methoxy groups -OCH3 is 1. The van der Waals surface area contributed by atoms with Gasteiger partial charge in [0.25, 0.3) is 5.69 Å². The van der Waals surface area contributed by atoms with Crippen LogP contribution in [-0.2, 0) is 0 Å². The van der Waals surface area contributed by atoms with Crippen molar-refractivity contribution in [3.63, 3.8) is 0 Å². The van der Waals surface area contributed by atoms with Crippen molar-refractivity contribution in [3.05, 3.63) is 58.1 Å². The Morgan fingerprint density at radius 1 is 1.19 bits per heavy atom. The quantitative estimate of drug-likeness (QED) is 0.380. The zero-order valence-corrected chi connectivity index (χ0v) is 11.2. The first-order chi connectivity index (χ1) is 10.0. The number of amidine groups is 1. The fraction of sp³-hybridized carbons (Fsp3) is 0.0714. The van der Waals surface area contributed by atoms with Gasteiger partial charge in [0.2, 0.25) is 0 Å². The van der Waals surface area contributed by atoms with E-state index in [1.54, 1.807) is 24.3 Å². The van der Waals surface area contributed by atoms with Crippen LogP contribution < -0.4 is 15.2 Å². The molecule has 2 rings (SSSR count). The van der Waals surface area contributed by atoms with Gasteiger partial charge in [-0.2, -0.15) is 0 Å². The van der Waals surface area contributed by atoms with Crippen LogP contribution in [0, 0.1) is 15.5 Å². The third-order valence-corrected chi connectivity index (χ3v) is 2.75. The number of nitrogens with one attached hydrogen (secondary N) is 1. The predicted octanol–water partition coefficient (Wildman–Crippen LogP) is 2.68. The van der Waals surface area contributed by atoms with Crippen molar-refractivity contribution in [2.45, 2.75) is 0 Å². The minimum absolute atomic E-state index is 0.0468. The molecule has 0 saturated heterocycles. The SMILES string of the molecule is COc1ccc([N+](=O)[O-])cc1Oc1ccc(C(=N)N)cc1. The average Bonchev–Trinajstić information content (AvgIpc) is 2.47. The van der Waals surface area contributed by atoms with Crippen molar-refractivity contribution in [2.24, 2.45) is 5.73 Å². The first-order valence-electron chi connectivity index (χ1n) is 5.96. The van der Waals surface area contributed by atoms with Gasteiger partial charge in [-0.1, -0.05) is 0 Å². The molecule has 0 aromatic heterocycles. The molecule has 0 fully saturated rings. The smallest absolute Gasteiger partial charge is 0.273 e. The second-order valence-corrected chi connectivity index (χ2v) is 4.13. The van der Waals surface area contributed by atoms with Gasteiger partial charge in [0.05, 0.1) is 18.1 Å². The Labute approximate surface area is 120 Å². The second kappa shape index (κ2) is 5.91. The summed E-state index contributed by atoms with van der Waals surface area (Å²) in [5.41, 5.74) is 5.83. The number of nitrogens with zero attached hydrogens (tertiary/aromatic N) is 1. The summed E-state index contributed by atoms with van der Waals surface area (Å²) in [5.74, 6) is 1.03. The highest BCUT2D eigenvalue weighted by molar-refractivity contribution is 5.94. The number of nitro benzene ring substituents is 1. The molecule has 108 valence electrons. The first-order valence-corrected chi connectivity index (χ1v) is 5.96. The monoisotopic (exact) mass is 287 g/mol. The number of rotatable bonds is 5. The molecule has 0 bridgehead atoms. The number of non-ortho nitro benzene ring substituents is 1. The summed E-state index contributed by atoms with van der Waals surface area (Å²) in [6.07, 6.45) is 0. The van der Waals surface area contributed by atoms with Crippen LogP contribution in [0.2, 0.25) is 0 Å². The molecule has 3 N–H and O–H groups in total. The van der Waals surface area contributed by atoms with Crippen molar-refractivity contribution in [3.8, 4) is 17.2 Å². The number of hydrogen-bond donors (Lipinski definition) is 2. The summed E-state index contributed by atoms with van der Waals surface area (Å²) >= 11 is 0. The van der Waals surface area contributed by atoms with Crippen molar-refractivity contribution in [2.75, 3.05) is 7.11 Å². The van der Waals surface area contributed by atoms with E-state index in [1.807, 2.05) is 0 Å². The van der Waals surface area contributed by atoms with Gasteiger partial charge in [0.1, 0.15) is 11.6 Å². The standard InChI is InChI=1S/C14H13N3O4/c1-20-12-7-4-10(17(18)19)8-13(12)21-11-5-2-9(3-6-11)14(15)16/h2-8H,1H3,(H3,15,16). The zero-order chi connectivity index (χ0) is 15.4. The summed E-state index contributed by atoms with van der Waals surface area (Å²) in [6.45, 7) is 0. The lowest BCUT2D eigenvalue weighted by Crippen LogP contribution is -2.10. The highest BCUT2D eigenvalue weighted by atomic mass is 16.6. The second-order valence-electron chi connectivity index (χ2n) is 4.13. The molecule has 0 amide bonds. The topological polar surface area (TPSA) is 111 Å². The zero-order valence-electron chi connectivity index (χ0n) is 11.2. The molecule has 0 unspecified atom stereocenters. The summed E-state index contributed by atoms with van der Waals surface area (Å²) in [5, 5.41) is 18.1. The lowest BCUT2D eigenvalue weighted by Gasteiger charge is -2.10. The van der Waals surface area contributed by atoms with E-state index in [0.29, 0.717) is 17.1 Å². The van der Waals surface area contributed by atoms with Crippen LogP contribution in [0.5, 0.6) is 17.2 Å². The molecular weight excluding hydrogens is 274 g/mol.